The molecule has 0 aliphatic heterocycles. The van der Waals surface area contributed by atoms with Crippen LogP contribution >= 0.6 is 0 Å². The Morgan fingerprint density at radius 2 is 1.73 bits per heavy atom. The topological polar surface area (TPSA) is 107 Å². The highest BCUT2D eigenvalue weighted by atomic mass is 32.2. The number of benzene rings is 3. The number of hydrogen-bond acceptors (Lipinski definition) is 6. The summed E-state index contributed by atoms with van der Waals surface area (Å²) >= 11 is -2.21. The van der Waals surface area contributed by atoms with Gasteiger partial charge in [-0.25, -0.2) is 13.6 Å². The first-order valence-corrected chi connectivity index (χ1v) is 12.9. The van der Waals surface area contributed by atoms with E-state index in [1.807, 2.05) is 0 Å². The third-order valence-electron chi connectivity index (χ3n) is 5.79. The minimum Gasteiger partial charge on any atom is -0.329 e. The largest absolute Gasteiger partial charge is 0.416 e. The van der Waals surface area contributed by atoms with Crippen molar-refractivity contribution in [3.05, 3.63) is 102 Å². The van der Waals surface area contributed by atoms with Gasteiger partial charge in [-0.15, -0.1) is 0 Å². The highest BCUT2D eigenvalue weighted by molar-refractivity contribution is 7.80. The molecule has 0 saturated carbocycles. The van der Waals surface area contributed by atoms with Gasteiger partial charge in [-0.3, -0.25) is 14.1 Å². The van der Waals surface area contributed by atoms with E-state index in [0.717, 1.165) is 11.8 Å². The van der Waals surface area contributed by atoms with E-state index in [-0.39, 0.29) is 17.9 Å². The van der Waals surface area contributed by atoms with Crippen molar-refractivity contribution >= 4 is 45.9 Å². The van der Waals surface area contributed by atoms with Gasteiger partial charge in [-0.1, -0.05) is 18.2 Å². The van der Waals surface area contributed by atoms with Gasteiger partial charge in [0.1, 0.15) is 17.4 Å². The summed E-state index contributed by atoms with van der Waals surface area (Å²) in [4.78, 5) is 23.0. The van der Waals surface area contributed by atoms with Crippen molar-refractivity contribution in [1.82, 2.24) is 9.97 Å². The zero-order valence-electron chi connectivity index (χ0n) is 20.9. The number of hydrogen-bond donors (Lipinski definition) is 3. The Labute approximate surface area is 229 Å². The van der Waals surface area contributed by atoms with Crippen molar-refractivity contribution in [2.45, 2.75) is 19.0 Å². The van der Waals surface area contributed by atoms with E-state index < -0.39 is 41.0 Å². The quantitative estimate of drug-likeness (QED) is 0.157. The molecule has 13 heteroatoms. The number of nitrogens with one attached hydrogen (secondary N) is 2. The fraction of sp³-hybridized carbons (Fsp3) is 0.148. The molecular formula is C27H23F4N5O3S. The van der Waals surface area contributed by atoms with E-state index in [9.17, 15) is 26.6 Å². The van der Waals surface area contributed by atoms with E-state index >= 15 is 0 Å². The van der Waals surface area contributed by atoms with Crippen molar-refractivity contribution in [1.29, 1.82) is 0 Å². The Morgan fingerprint density at radius 3 is 2.42 bits per heavy atom. The lowest BCUT2D eigenvalue weighted by atomic mass is 10.0. The predicted octanol–water partition coefficient (Wildman–Crippen LogP) is 6.05. The maximum Gasteiger partial charge on any atom is 0.416 e. The molecule has 0 spiro atoms. The smallest absolute Gasteiger partial charge is 0.329 e. The Bertz CT molecular complexity index is 1530. The molecule has 0 aliphatic rings. The summed E-state index contributed by atoms with van der Waals surface area (Å²) < 4.78 is 75.2. The van der Waals surface area contributed by atoms with Gasteiger partial charge in [0.2, 0.25) is 5.95 Å². The van der Waals surface area contributed by atoms with Gasteiger partial charge in [-0.2, -0.15) is 18.2 Å². The Hall–Kier alpha value is -4.36. The number of rotatable bonds is 10. The van der Waals surface area contributed by atoms with Gasteiger partial charge in [0.15, 0.2) is 0 Å². The summed E-state index contributed by atoms with van der Waals surface area (Å²) in [6.45, 7) is 0. The number of aromatic nitrogens is 2. The standard InChI is InChI=1S/C27H23F4N5O3S/c1-36(25-11-12-32-26(34-25)33-20-3-2-4-21(16-20)35-40(38)39)22-8-5-17(6-9-22)13-23(37)15-18-14-19(27(29,30)31)7-10-24(18)28/h2-12,14,16,35H,13,15H2,1H3,(H,38,39)(H,32,33,34). The van der Waals surface area contributed by atoms with Crippen molar-refractivity contribution in [3.8, 4) is 0 Å². The number of anilines is 5. The predicted molar refractivity (Wildman–Crippen MR) is 144 cm³/mol. The van der Waals surface area contributed by atoms with Crippen LogP contribution in [0.3, 0.4) is 0 Å². The molecule has 0 saturated heterocycles. The number of carbonyl (C=O) groups is 1. The summed E-state index contributed by atoms with van der Waals surface area (Å²) in [6, 6.07) is 17.3. The third kappa shape index (κ3) is 7.61. The number of nitrogens with zero attached hydrogens (tertiary/aromatic N) is 3. The van der Waals surface area contributed by atoms with Gasteiger partial charge in [-0.05, 0) is 65.7 Å². The molecule has 0 bridgehead atoms. The molecule has 1 unspecified atom stereocenters. The fourth-order valence-electron chi connectivity index (χ4n) is 3.85. The first-order valence-electron chi connectivity index (χ1n) is 11.8. The van der Waals surface area contributed by atoms with Gasteiger partial charge in [0.05, 0.1) is 11.3 Å². The Balaban J connectivity index is 1.40. The maximum absolute atomic E-state index is 14.0. The molecule has 1 aromatic heterocycles. The average Bonchev–Trinajstić information content (AvgIpc) is 2.89. The minimum absolute atomic E-state index is 0.0704. The van der Waals surface area contributed by atoms with E-state index in [1.165, 1.54) is 0 Å². The van der Waals surface area contributed by atoms with E-state index in [4.69, 9.17) is 4.55 Å². The maximum atomic E-state index is 14.0. The Morgan fingerprint density at radius 1 is 1.00 bits per heavy atom. The van der Waals surface area contributed by atoms with Gasteiger partial charge < -0.3 is 10.2 Å². The normalized spacial score (nSPS) is 12.1. The molecule has 4 aromatic rings. The van der Waals surface area contributed by atoms with Crippen molar-refractivity contribution in [2.75, 3.05) is 22.0 Å². The van der Waals surface area contributed by atoms with Crippen LogP contribution in [-0.4, -0.2) is 31.6 Å². The SMILES string of the molecule is CN(c1ccc(CC(=O)Cc2cc(C(F)(F)F)ccc2F)cc1)c1ccnc(Nc2cccc(NS(=O)O)c2)n1. The first kappa shape index (κ1) is 28.6. The fourth-order valence-corrected chi connectivity index (χ4v) is 4.17. The van der Waals surface area contributed by atoms with Crippen LogP contribution in [-0.2, 0) is 35.1 Å². The molecule has 4 rings (SSSR count). The van der Waals surface area contributed by atoms with Gasteiger partial charge in [0.25, 0.3) is 11.3 Å². The van der Waals surface area contributed by atoms with Crippen LogP contribution in [0.25, 0.3) is 0 Å². The van der Waals surface area contributed by atoms with Gasteiger partial charge >= 0.3 is 6.18 Å². The second kappa shape index (κ2) is 12.2. The summed E-state index contributed by atoms with van der Waals surface area (Å²) in [7, 11) is 1.78. The number of halogens is 4. The molecule has 0 fully saturated rings. The van der Waals surface area contributed by atoms with E-state index in [1.54, 1.807) is 72.7 Å². The van der Waals surface area contributed by atoms with Crippen LogP contribution in [0.2, 0.25) is 0 Å². The summed E-state index contributed by atoms with van der Waals surface area (Å²) in [5.74, 6) is -0.443. The highest BCUT2D eigenvalue weighted by Crippen LogP contribution is 2.31. The molecule has 40 heavy (non-hydrogen) atoms. The zero-order chi connectivity index (χ0) is 28.9. The molecule has 208 valence electrons. The average molecular weight is 574 g/mol. The number of carbonyl (C=O) groups excluding carboxylic acids is 1. The first-order chi connectivity index (χ1) is 19.0. The molecule has 1 atom stereocenters. The van der Waals surface area contributed by atoms with Crippen molar-refractivity contribution < 1.29 is 31.1 Å². The molecule has 0 amide bonds. The number of ketones is 1. The number of alkyl halides is 3. The lowest BCUT2D eigenvalue weighted by molar-refractivity contribution is -0.137. The lowest BCUT2D eigenvalue weighted by Crippen LogP contribution is -2.13. The van der Waals surface area contributed by atoms with Crippen molar-refractivity contribution in [2.24, 2.45) is 0 Å². The van der Waals surface area contributed by atoms with Crippen LogP contribution in [0.5, 0.6) is 0 Å². The second-order valence-electron chi connectivity index (χ2n) is 8.72. The second-order valence-corrected chi connectivity index (χ2v) is 9.42. The molecule has 0 radical (unpaired) electrons. The van der Waals surface area contributed by atoms with Crippen LogP contribution in [0.15, 0.2) is 79.0 Å². The van der Waals surface area contributed by atoms with Crippen molar-refractivity contribution in [3.63, 3.8) is 0 Å². The Kier molecular flexibility index (Phi) is 8.75. The molecule has 8 nitrogen and oxygen atoms in total. The van der Waals surface area contributed by atoms with Crippen LogP contribution in [0, 0.1) is 5.82 Å². The van der Waals surface area contributed by atoms with Crippen LogP contribution in [0.4, 0.5) is 46.4 Å². The third-order valence-corrected chi connectivity index (χ3v) is 6.20. The summed E-state index contributed by atoms with van der Waals surface area (Å²) in [5.41, 5.74) is 1.08. The summed E-state index contributed by atoms with van der Waals surface area (Å²) in [5, 5.41) is 3.03. The van der Waals surface area contributed by atoms with E-state index in [2.05, 4.69) is 20.0 Å². The molecular weight excluding hydrogens is 550 g/mol. The molecule has 1 heterocycles. The van der Waals surface area contributed by atoms with Gasteiger partial charge in [0, 0.05) is 37.5 Å². The number of Topliss-reactive ketones (excluding diaryl/α,β-unsaturated/α-hetero) is 1. The molecule has 3 aromatic carbocycles. The highest BCUT2D eigenvalue weighted by Gasteiger charge is 2.31. The van der Waals surface area contributed by atoms with Crippen LogP contribution < -0.4 is 14.9 Å². The van der Waals surface area contributed by atoms with E-state index in [0.29, 0.717) is 34.9 Å². The molecule has 0 aliphatic carbocycles. The summed E-state index contributed by atoms with van der Waals surface area (Å²) in [6.07, 6.45) is -3.59. The van der Waals surface area contributed by atoms with Crippen LogP contribution in [0.1, 0.15) is 16.7 Å². The molecule has 3 N–H and O–H groups in total. The lowest BCUT2D eigenvalue weighted by Gasteiger charge is -2.19. The minimum atomic E-state index is -4.63. The monoisotopic (exact) mass is 573 g/mol. The zero-order valence-corrected chi connectivity index (χ0v) is 21.8.